The highest BCUT2D eigenvalue weighted by Gasteiger charge is 2.28. The SMILES string of the molecule is O=C1CC(c2ccccc2)N(C(=O)c2cccs2)CCCCCCN1. The predicted molar refractivity (Wildman–Crippen MR) is 101 cm³/mol. The Balaban J connectivity index is 1.93. The van der Waals surface area contributed by atoms with Crippen molar-refractivity contribution >= 4 is 23.2 Å². The molecule has 0 bridgehead atoms. The molecule has 5 heteroatoms. The van der Waals surface area contributed by atoms with E-state index in [0.717, 1.165) is 42.7 Å². The van der Waals surface area contributed by atoms with Crippen LogP contribution in [-0.2, 0) is 4.79 Å². The normalized spacial score (nSPS) is 19.8. The Hall–Kier alpha value is -2.14. The summed E-state index contributed by atoms with van der Waals surface area (Å²) in [5.41, 5.74) is 1.02. The molecule has 0 spiro atoms. The van der Waals surface area contributed by atoms with E-state index in [1.807, 2.05) is 52.7 Å². The van der Waals surface area contributed by atoms with E-state index in [9.17, 15) is 9.59 Å². The number of benzene rings is 1. The minimum Gasteiger partial charge on any atom is -0.356 e. The molecule has 1 aliphatic rings. The second-order valence-corrected chi connectivity index (χ2v) is 7.32. The molecule has 4 nitrogen and oxygen atoms in total. The molecular formula is C20H24N2O2S. The van der Waals surface area contributed by atoms with Gasteiger partial charge in [0.2, 0.25) is 5.91 Å². The van der Waals surface area contributed by atoms with Crippen molar-refractivity contribution < 1.29 is 9.59 Å². The molecule has 0 radical (unpaired) electrons. The molecule has 1 aliphatic heterocycles. The van der Waals surface area contributed by atoms with E-state index in [4.69, 9.17) is 0 Å². The number of nitrogens with zero attached hydrogens (tertiary/aromatic N) is 1. The van der Waals surface area contributed by atoms with Crippen LogP contribution in [0.1, 0.15) is 53.4 Å². The number of nitrogens with one attached hydrogen (secondary N) is 1. The van der Waals surface area contributed by atoms with Crippen LogP contribution in [0.2, 0.25) is 0 Å². The highest BCUT2D eigenvalue weighted by Crippen LogP contribution is 2.28. The van der Waals surface area contributed by atoms with Crippen molar-refractivity contribution in [2.45, 2.75) is 38.1 Å². The van der Waals surface area contributed by atoms with Gasteiger partial charge in [0.15, 0.2) is 0 Å². The molecule has 0 aliphatic carbocycles. The second kappa shape index (κ2) is 8.81. The summed E-state index contributed by atoms with van der Waals surface area (Å²) in [6, 6.07) is 13.4. The summed E-state index contributed by atoms with van der Waals surface area (Å²) >= 11 is 1.46. The first-order chi connectivity index (χ1) is 12.3. The zero-order chi connectivity index (χ0) is 17.5. The molecule has 3 rings (SSSR count). The molecule has 1 fully saturated rings. The summed E-state index contributed by atoms with van der Waals surface area (Å²) in [5, 5.41) is 4.92. The number of hydrogen-bond acceptors (Lipinski definition) is 3. The molecule has 132 valence electrons. The van der Waals surface area contributed by atoms with E-state index < -0.39 is 0 Å². The fourth-order valence-corrected chi connectivity index (χ4v) is 3.94. The van der Waals surface area contributed by atoms with Gasteiger partial charge in [0.1, 0.15) is 0 Å². The van der Waals surface area contributed by atoms with Gasteiger partial charge in [0.05, 0.1) is 17.3 Å². The van der Waals surface area contributed by atoms with Gasteiger partial charge in [-0.25, -0.2) is 0 Å². The van der Waals surface area contributed by atoms with Gasteiger partial charge < -0.3 is 10.2 Å². The standard InChI is InChI=1S/C20H24N2O2S/c23-19-15-17(16-9-4-3-5-10-16)22(13-7-2-1-6-12-21-19)20(24)18-11-8-14-25-18/h3-5,8-11,14,17H,1-2,6-7,12-13,15H2,(H,21,23). The third-order valence-corrected chi connectivity index (χ3v) is 5.44. The van der Waals surface area contributed by atoms with Crippen molar-refractivity contribution in [3.05, 3.63) is 58.3 Å². The molecule has 25 heavy (non-hydrogen) atoms. The fourth-order valence-electron chi connectivity index (χ4n) is 3.26. The first-order valence-corrected chi connectivity index (χ1v) is 9.80. The number of thiophene rings is 1. The topological polar surface area (TPSA) is 49.4 Å². The smallest absolute Gasteiger partial charge is 0.264 e. The molecule has 2 aromatic rings. The summed E-state index contributed by atoms with van der Waals surface area (Å²) in [6.07, 6.45) is 4.43. The van der Waals surface area contributed by atoms with Crippen LogP contribution < -0.4 is 5.32 Å². The number of carbonyl (C=O) groups excluding carboxylic acids is 2. The molecule has 0 saturated carbocycles. The van der Waals surface area contributed by atoms with Crippen molar-refractivity contribution in [1.29, 1.82) is 0 Å². The van der Waals surface area contributed by atoms with Crippen LogP contribution in [0.5, 0.6) is 0 Å². The average molecular weight is 356 g/mol. The minimum absolute atomic E-state index is 0.0136. The highest BCUT2D eigenvalue weighted by molar-refractivity contribution is 7.12. The van der Waals surface area contributed by atoms with Crippen molar-refractivity contribution in [3.63, 3.8) is 0 Å². The minimum atomic E-state index is -0.228. The largest absolute Gasteiger partial charge is 0.356 e. The van der Waals surface area contributed by atoms with Crippen molar-refractivity contribution in [2.24, 2.45) is 0 Å². The van der Waals surface area contributed by atoms with Gasteiger partial charge in [0.25, 0.3) is 5.91 Å². The lowest BCUT2D eigenvalue weighted by atomic mass is 10.0. The molecule has 1 saturated heterocycles. The van der Waals surface area contributed by atoms with Gasteiger partial charge in [-0.1, -0.05) is 49.2 Å². The van der Waals surface area contributed by atoms with Gasteiger partial charge in [0, 0.05) is 13.1 Å². The number of carbonyl (C=O) groups is 2. The lowest BCUT2D eigenvalue weighted by Crippen LogP contribution is -2.38. The summed E-state index contributed by atoms with van der Waals surface area (Å²) in [5.74, 6) is 0.0376. The van der Waals surface area contributed by atoms with Crippen molar-refractivity contribution in [3.8, 4) is 0 Å². The van der Waals surface area contributed by atoms with Crippen molar-refractivity contribution in [2.75, 3.05) is 13.1 Å². The zero-order valence-electron chi connectivity index (χ0n) is 14.3. The first-order valence-electron chi connectivity index (χ1n) is 8.92. The second-order valence-electron chi connectivity index (χ2n) is 6.37. The van der Waals surface area contributed by atoms with Crippen LogP contribution in [0.4, 0.5) is 0 Å². The lowest BCUT2D eigenvalue weighted by Gasteiger charge is -2.31. The van der Waals surface area contributed by atoms with Crippen LogP contribution >= 0.6 is 11.3 Å². The molecule has 1 aromatic carbocycles. The van der Waals surface area contributed by atoms with Gasteiger partial charge in [-0.3, -0.25) is 9.59 Å². The van der Waals surface area contributed by atoms with Crippen LogP contribution in [0.15, 0.2) is 47.8 Å². The number of hydrogen-bond donors (Lipinski definition) is 1. The maximum absolute atomic E-state index is 13.1. The van der Waals surface area contributed by atoms with Gasteiger partial charge in [-0.2, -0.15) is 0 Å². The Morgan fingerprint density at radius 2 is 1.84 bits per heavy atom. The summed E-state index contributed by atoms with van der Waals surface area (Å²) in [4.78, 5) is 28.1. The third-order valence-electron chi connectivity index (χ3n) is 4.58. The summed E-state index contributed by atoms with van der Waals surface area (Å²) < 4.78 is 0. The molecule has 1 atom stereocenters. The monoisotopic (exact) mass is 356 g/mol. The van der Waals surface area contributed by atoms with E-state index in [1.54, 1.807) is 0 Å². The van der Waals surface area contributed by atoms with Crippen molar-refractivity contribution in [1.82, 2.24) is 10.2 Å². The zero-order valence-corrected chi connectivity index (χ0v) is 15.1. The molecule has 2 amide bonds. The lowest BCUT2D eigenvalue weighted by molar-refractivity contribution is -0.122. The highest BCUT2D eigenvalue weighted by atomic mass is 32.1. The number of amides is 2. The number of rotatable bonds is 2. The third kappa shape index (κ3) is 4.69. The Kier molecular flexibility index (Phi) is 6.23. The van der Waals surface area contributed by atoms with Crippen LogP contribution in [0.25, 0.3) is 0 Å². The maximum atomic E-state index is 13.1. The predicted octanol–water partition coefficient (Wildman–Crippen LogP) is 4.01. The van der Waals surface area contributed by atoms with E-state index in [2.05, 4.69) is 5.32 Å². The molecule has 1 unspecified atom stereocenters. The maximum Gasteiger partial charge on any atom is 0.264 e. The molecule has 2 heterocycles. The van der Waals surface area contributed by atoms with Crippen LogP contribution in [0, 0.1) is 0 Å². The Morgan fingerprint density at radius 1 is 1.04 bits per heavy atom. The molecular weight excluding hydrogens is 332 g/mol. The fraction of sp³-hybridized carbons (Fsp3) is 0.400. The summed E-state index contributed by atoms with van der Waals surface area (Å²) in [6.45, 7) is 1.41. The Bertz CT molecular complexity index is 685. The summed E-state index contributed by atoms with van der Waals surface area (Å²) in [7, 11) is 0. The van der Waals surface area contributed by atoms with Gasteiger partial charge in [-0.15, -0.1) is 11.3 Å². The average Bonchev–Trinajstić information content (AvgIpc) is 3.16. The van der Waals surface area contributed by atoms with E-state index in [0.29, 0.717) is 13.0 Å². The van der Waals surface area contributed by atoms with E-state index in [1.165, 1.54) is 11.3 Å². The Labute approximate surface area is 152 Å². The van der Waals surface area contributed by atoms with Gasteiger partial charge in [-0.05, 0) is 29.9 Å². The molecule has 1 aromatic heterocycles. The van der Waals surface area contributed by atoms with E-state index in [-0.39, 0.29) is 17.9 Å². The quantitative estimate of drug-likeness (QED) is 0.884. The van der Waals surface area contributed by atoms with Crippen LogP contribution in [0.3, 0.4) is 0 Å². The van der Waals surface area contributed by atoms with E-state index >= 15 is 0 Å². The Morgan fingerprint density at radius 3 is 2.60 bits per heavy atom. The van der Waals surface area contributed by atoms with Gasteiger partial charge >= 0.3 is 0 Å². The van der Waals surface area contributed by atoms with Crippen LogP contribution in [-0.4, -0.2) is 29.8 Å². The first kappa shape index (κ1) is 17.7. The molecule has 1 N–H and O–H groups in total.